The van der Waals surface area contributed by atoms with Crippen molar-refractivity contribution in [3.8, 4) is 5.75 Å². The molecule has 2 heterocycles. The van der Waals surface area contributed by atoms with Gasteiger partial charge in [0.15, 0.2) is 0 Å². The first-order chi connectivity index (χ1) is 10.2. The van der Waals surface area contributed by atoms with Crippen LogP contribution in [0, 0.1) is 0 Å². The second-order valence-electron chi connectivity index (χ2n) is 5.38. The molecule has 2 aromatic rings. The van der Waals surface area contributed by atoms with Crippen LogP contribution in [0.3, 0.4) is 0 Å². The standard InChI is InChI=1S/C16H20ClN3O/c1-3-15-13(10-20(2)19-15)9-18-8-12-7-14(17)6-11-4-5-21-16(11)12/h6-7,10,18H,3-5,8-9H2,1-2H3. The normalized spacial score (nSPS) is 13.3. The smallest absolute Gasteiger partial charge is 0.127 e. The molecule has 1 aromatic carbocycles. The van der Waals surface area contributed by atoms with Gasteiger partial charge in [0.1, 0.15) is 5.75 Å². The van der Waals surface area contributed by atoms with Crippen molar-refractivity contribution < 1.29 is 4.74 Å². The van der Waals surface area contributed by atoms with Gasteiger partial charge in [-0.2, -0.15) is 5.10 Å². The molecule has 0 aliphatic carbocycles. The first-order valence-corrected chi connectivity index (χ1v) is 7.71. The molecule has 21 heavy (non-hydrogen) atoms. The van der Waals surface area contributed by atoms with Crippen molar-refractivity contribution in [3.05, 3.63) is 45.7 Å². The largest absolute Gasteiger partial charge is 0.493 e. The molecule has 1 aliphatic rings. The Balaban J connectivity index is 1.68. The molecule has 0 bridgehead atoms. The zero-order valence-corrected chi connectivity index (χ0v) is 13.2. The average Bonchev–Trinajstić information content (AvgIpc) is 3.04. The fraction of sp³-hybridized carbons (Fsp3) is 0.438. The van der Waals surface area contributed by atoms with Gasteiger partial charge in [-0.05, 0) is 24.1 Å². The summed E-state index contributed by atoms with van der Waals surface area (Å²) in [6.45, 7) is 4.44. The number of nitrogens with zero attached hydrogens (tertiary/aromatic N) is 2. The lowest BCUT2D eigenvalue weighted by Gasteiger charge is -2.10. The number of aromatic nitrogens is 2. The van der Waals surface area contributed by atoms with Crippen LogP contribution in [-0.2, 0) is 33.0 Å². The van der Waals surface area contributed by atoms with Gasteiger partial charge in [0, 0.05) is 48.9 Å². The summed E-state index contributed by atoms with van der Waals surface area (Å²) in [6, 6.07) is 3.99. The lowest BCUT2D eigenvalue weighted by molar-refractivity contribution is 0.352. The van der Waals surface area contributed by atoms with Crippen LogP contribution in [0.2, 0.25) is 5.02 Å². The van der Waals surface area contributed by atoms with Crippen molar-refractivity contribution in [1.29, 1.82) is 0 Å². The van der Waals surface area contributed by atoms with Crippen LogP contribution >= 0.6 is 11.6 Å². The van der Waals surface area contributed by atoms with Crippen LogP contribution in [0.15, 0.2) is 18.3 Å². The van der Waals surface area contributed by atoms with Crippen molar-refractivity contribution in [2.75, 3.05) is 6.61 Å². The SMILES string of the molecule is CCc1nn(C)cc1CNCc1cc(Cl)cc2c1OCC2. The molecule has 0 amide bonds. The van der Waals surface area contributed by atoms with Crippen LogP contribution in [0.1, 0.15) is 29.3 Å². The first kappa shape index (κ1) is 14.4. The van der Waals surface area contributed by atoms with E-state index in [0.717, 1.165) is 54.6 Å². The molecule has 0 fully saturated rings. The molecule has 0 unspecified atom stereocenters. The molecule has 1 aliphatic heterocycles. The lowest BCUT2D eigenvalue weighted by atomic mass is 10.1. The minimum Gasteiger partial charge on any atom is -0.493 e. The Kier molecular flexibility index (Phi) is 4.17. The number of ether oxygens (including phenoxy) is 1. The molecule has 1 N–H and O–H groups in total. The van der Waals surface area contributed by atoms with Crippen LogP contribution < -0.4 is 10.1 Å². The molecule has 0 saturated heterocycles. The second kappa shape index (κ2) is 6.08. The summed E-state index contributed by atoms with van der Waals surface area (Å²) in [5, 5.41) is 8.71. The van der Waals surface area contributed by atoms with Gasteiger partial charge in [0.25, 0.3) is 0 Å². The highest BCUT2D eigenvalue weighted by Crippen LogP contribution is 2.32. The first-order valence-electron chi connectivity index (χ1n) is 7.33. The minimum absolute atomic E-state index is 0.751. The number of nitrogens with one attached hydrogen (secondary N) is 1. The number of aryl methyl sites for hydroxylation is 2. The van der Waals surface area contributed by atoms with Gasteiger partial charge in [-0.3, -0.25) is 4.68 Å². The van der Waals surface area contributed by atoms with E-state index in [1.54, 1.807) is 0 Å². The molecule has 4 nitrogen and oxygen atoms in total. The third-order valence-electron chi connectivity index (χ3n) is 3.78. The number of fused-ring (bicyclic) bond motifs is 1. The van der Waals surface area contributed by atoms with Crippen molar-refractivity contribution in [3.63, 3.8) is 0 Å². The van der Waals surface area contributed by atoms with E-state index >= 15 is 0 Å². The topological polar surface area (TPSA) is 39.1 Å². The van der Waals surface area contributed by atoms with E-state index in [2.05, 4.69) is 23.5 Å². The predicted octanol–water partition coefficient (Wildman–Crippen LogP) is 2.86. The summed E-state index contributed by atoms with van der Waals surface area (Å²) in [6.07, 6.45) is 3.98. The van der Waals surface area contributed by atoms with E-state index in [-0.39, 0.29) is 0 Å². The molecule has 0 saturated carbocycles. The molecule has 0 spiro atoms. The summed E-state index contributed by atoms with van der Waals surface area (Å²) in [5.74, 6) is 1.01. The number of rotatable bonds is 5. The third-order valence-corrected chi connectivity index (χ3v) is 4.00. The van der Waals surface area contributed by atoms with Crippen LogP contribution in [0.4, 0.5) is 0 Å². The molecule has 112 valence electrons. The van der Waals surface area contributed by atoms with Gasteiger partial charge in [0.2, 0.25) is 0 Å². The maximum absolute atomic E-state index is 6.18. The van der Waals surface area contributed by atoms with E-state index in [1.165, 1.54) is 11.1 Å². The van der Waals surface area contributed by atoms with Crippen molar-refractivity contribution >= 4 is 11.6 Å². The number of benzene rings is 1. The highest BCUT2D eigenvalue weighted by atomic mass is 35.5. The highest BCUT2D eigenvalue weighted by molar-refractivity contribution is 6.30. The van der Waals surface area contributed by atoms with Crippen LogP contribution in [0.5, 0.6) is 5.75 Å². The van der Waals surface area contributed by atoms with Gasteiger partial charge in [-0.1, -0.05) is 18.5 Å². The molecule has 0 atom stereocenters. The lowest BCUT2D eigenvalue weighted by Crippen LogP contribution is -2.14. The van der Waals surface area contributed by atoms with Crippen LogP contribution in [-0.4, -0.2) is 16.4 Å². The maximum atomic E-state index is 6.18. The maximum Gasteiger partial charge on any atom is 0.127 e. The van der Waals surface area contributed by atoms with Gasteiger partial charge >= 0.3 is 0 Å². The van der Waals surface area contributed by atoms with Crippen molar-refractivity contribution in [2.45, 2.75) is 32.9 Å². The number of hydrogen-bond acceptors (Lipinski definition) is 3. The Hall–Kier alpha value is -1.52. The highest BCUT2D eigenvalue weighted by Gasteiger charge is 2.17. The summed E-state index contributed by atoms with van der Waals surface area (Å²) in [5.41, 5.74) is 4.75. The molecule has 3 rings (SSSR count). The molecular formula is C16H20ClN3O. The predicted molar refractivity (Wildman–Crippen MR) is 83.8 cm³/mol. The summed E-state index contributed by atoms with van der Waals surface area (Å²) < 4.78 is 7.59. The van der Waals surface area contributed by atoms with E-state index in [1.807, 2.05) is 23.9 Å². The van der Waals surface area contributed by atoms with E-state index < -0.39 is 0 Å². The quantitative estimate of drug-likeness (QED) is 0.923. The third kappa shape index (κ3) is 3.06. The van der Waals surface area contributed by atoms with Gasteiger partial charge in [-0.15, -0.1) is 0 Å². The Morgan fingerprint density at radius 3 is 2.95 bits per heavy atom. The van der Waals surface area contributed by atoms with Gasteiger partial charge in [-0.25, -0.2) is 0 Å². The summed E-state index contributed by atoms with van der Waals surface area (Å²) >= 11 is 6.18. The Labute approximate surface area is 130 Å². The second-order valence-corrected chi connectivity index (χ2v) is 5.82. The Morgan fingerprint density at radius 1 is 1.33 bits per heavy atom. The fourth-order valence-electron chi connectivity index (χ4n) is 2.84. The number of halogens is 1. The monoisotopic (exact) mass is 305 g/mol. The summed E-state index contributed by atoms with van der Waals surface area (Å²) in [4.78, 5) is 0. The van der Waals surface area contributed by atoms with Crippen LogP contribution in [0.25, 0.3) is 0 Å². The molecular weight excluding hydrogens is 286 g/mol. The van der Waals surface area contributed by atoms with Gasteiger partial charge in [0.05, 0.1) is 12.3 Å². The molecule has 0 radical (unpaired) electrons. The molecule has 1 aromatic heterocycles. The average molecular weight is 306 g/mol. The van der Waals surface area contributed by atoms with E-state index in [4.69, 9.17) is 16.3 Å². The summed E-state index contributed by atoms with van der Waals surface area (Å²) in [7, 11) is 1.96. The Morgan fingerprint density at radius 2 is 2.14 bits per heavy atom. The zero-order chi connectivity index (χ0) is 14.8. The van der Waals surface area contributed by atoms with E-state index in [0.29, 0.717) is 0 Å². The van der Waals surface area contributed by atoms with Crippen molar-refractivity contribution in [1.82, 2.24) is 15.1 Å². The van der Waals surface area contributed by atoms with Crippen molar-refractivity contribution in [2.24, 2.45) is 7.05 Å². The zero-order valence-electron chi connectivity index (χ0n) is 12.4. The fourth-order valence-corrected chi connectivity index (χ4v) is 3.10. The minimum atomic E-state index is 0.751. The number of hydrogen-bond donors (Lipinski definition) is 1. The Bertz CT molecular complexity index is 651. The van der Waals surface area contributed by atoms with E-state index in [9.17, 15) is 0 Å². The van der Waals surface area contributed by atoms with Gasteiger partial charge < -0.3 is 10.1 Å². The molecule has 5 heteroatoms.